The van der Waals surface area contributed by atoms with Gasteiger partial charge < -0.3 is 14.8 Å². The number of carbonyl (C=O) groups excluding carboxylic acids is 2. The van der Waals surface area contributed by atoms with Crippen molar-refractivity contribution < 1.29 is 27.5 Å². The summed E-state index contributed by atoms with van der Waals surface area (Å²) in [5.41, 5.74) is 0.434. The smallest absolute Gasteiger partial charge is 0.344 e. The van der Waals surface area contributed by atoms with Crippen LogP contribution >= 0.6 is 0 Å². The Hall–Kier alpha value is -2.98. The number of hydrogen-bond acceptors (Lipinski definition) is 7. The molecule has 0 saturated heterocycles. The molecule has 144 valence electrons. The lowest BCUT2D eigenvalue weighted by Crippen LogP contribution is -2.30. The first-order valence-electron chi connectivity index (χ1n) is 7.95. The van der Waals surface area contributed by atoms with Crippen molar-refractivity contribution in [1.82, 2.24) is 4.98 Å². The minimum atomic E-state index is -3.82. The summed E-state index contributed by atoms with van der Waals surface area (Å²) in [4.78, 5) is 28.3. The quantitative estimate of drug-likeness (QED) is 0.676. The molecule has 27 heavy (non-hydrogen) atoms. The van der Waals surface area contributed by atoms with E-state index in [-0.39, 0.29) is 16.3 Å². The van der Waals surface area contributed by atoms with Crippen LogP contribution in [0.5, 0.6) is 5.88 Å². The number of aromatic nitrogens is 1. The zero-order chi connectivity index (χ0) is 20.0. The van der Waals surface area contributed by atoms with E-state index in [2.05, 4.69) is 10.3 Å². The molecular formula is C17H19N3O6S. The highest BCUT2D eigenvalue weighted by atomic mass is 32.2. The molecule has 9 nitrogen and oxygen atoms in total. The fourth-order valence-corrected chi connectivity index (χ4v) is 2.56. The Morgan fingerprint density at radius 1 is 1.22 bits per heavy atom. The summed E-state index contributed by atoms with van der Waals surface area (Å²) in [5, 5.41) is 7.53. The summed E-state index contributed by atoms with van der Waals surface area (Å²) < 4.78 is 32.9. The van der Waals surface area contributed by atoms with E-state index < -0.39 is 28.0 Å². The minimum absolute atomic E-state index is 0.0833. The number of anilines is 1. The van der Waals surface area contributed by atoms with Gasteiger partial charge in [-0.2, -0.15) is 0 Å². The normalized spacial score (nSPS) is 12.1. The first-order chi connectivity index (χ1) is 12.7. The Labute approximate surface area is 156 Å². The molecule has 0 saturated carbocycles. The Balaban J connectivity index is 2.02. The van der Waals surface area contributed by atoms with Crippen LogP contribution in [0.3, 0.4) is 0 Å². The molecule has 0 aliphatic carbocycles. The molecule has 0 bridgehead atoms. The third kappa shape index (κ3) is 5.50. The molecule has 0 aliphatic heterocycles. The maximum absolute atomic E-state index is 12.3. The Kier molecular flexibility index (Phi) is 6.48. The van der Waals surface area contributed by atoms with Gasteiger partial charge in [-0.15, -0.1) is 0 Å². The Morgan fingerprint density at radius 3 is 2.48 bits per heavy atom. The molecule has 0 aliphatic rings. The minimum Gasteiger partial charge on any atom is -0.477 e. The van der Waals surface area contributed by atoms with E-state index in [1.54, 1.807) is 13.0 Å². The van der Waals surface area contributed by atoms with Gasteiger partial charge in [0.05, 0.1) is 11.5 Å². The third-order valence-electron chi connectivity index (χ3n) is 3.38. The zero-order valence-electron chi connectivity index (χ0n) is 14.7. The number of carbonyl (C=O) groups is 2. The topological polar surface area (TPSA) is 138 Å². The lowest BCUT2D eigenvalue weighted by Gasteiger charge is -2.14. The number of nitrogens with zero attached hydrogens (tertiary/aromatic N) is 1. The number of pyridine rings is 1. The summed E-state index contributed by atoms with van der Waals surface area (Å²) in [7, 11) is -3.82. The van der Waals surface area contributed by atoms with Gasteiger partial charge in [0.1, 0.15) is 5.56 Å². The van der Waals surface area contributed by atoms with Gasteiger partial charge in [-0.3, -0.25) is 4.79 Å². The monoisotopic (exact) mass is 393 g/mol. The van der Waals surface area contributed by atoms with Gasteiger partial charge in [0.25, 0.3) is 5.91 Å². The van der Waals surface area contributed by atoms with Gasteiger partial charge in [0.15, 0.2) is 6.10 Å². The highest BCUT2D eigenvalue weighted by Crippen LogP contribution is 2.17. The molecule has 0 spiro atoms. The van der Waals surface area contributed by atoms with Gasteiger partial charge >= 0.3 is 5.97 Å². The van der Waals surface area contributed by atoms with E-state index in [0.29, 0.717) is 12.3 Å². The Morgan fingerprint density at radius 2 is 1.89 bits per heavy atom. The van der Waals surface area contributed by atoms with Crippen LogP contribution in [-0.4, -0.2) is 38.0 Å². The first kappa shape index (κ1) is 20.3. The van der Waals surface area contributed by atoms with E-state index in [9.17, 15) is 18.0 Å². The number of nitrogens with two attached hydrogens (primary N) is 1. The standard InChI is InChI=1S/C17H19N3O6S/c1-3-25-16-14(5-4-10-19-16)17(22)26-11(2)15(21)20-12-6-8-13(9-7-12)27(18,23)24/h4-11H,3H2,1-2H3,(H,20,21)(H2,18,23,24)/t11-/m1/s1. The van der Waals surface area contributed by atoms with Crippen molar-refractivity contribution >= 4 is 27.6 Å². The molecule has 1 aromatic heterocycles. The average molecular weight is 393 g/mol. The third-order valence-corrected chi connectivity index (χ3v) is 4.30. The fourth-order valence-electron chi connectivity index (χ4n) is 2.05. The van der Waals surface area contributed by atoms with E-state index >= 15 is 0 Å². The molecule has 0 unspecified atom stereocenters. The number of primary sulfonamides is 1. The number of nitrogens with one attached hydrogen (secondary N) is 1. The van der Waals surface area contributed by atoms with Crippen molar-refractivity contribution in [3.05, 3.63) is 48.2 Å². The lowest BCUT2D eigenvalue weighted by atomic mass is 10.2. The number of benzene rings is 1. The largest absolute Gasteiger partial charge is 0.477 e. The number of esters is 1. The molecule has 0 radical (unpaired) electrons. The second-order valence-corrected chi connectivity index (χ2v) is 6.96. The van der Waals surface area contributed by atoms with Gasteiger partial charge in [0, 0.05) is 11.9 Å². The van der Waals surface area contributed by atoms with Crippen LogP contribution in [0.4, 0.5) is 5.69 Å². The molecular weight excluding hydrogens is 374 g/mol. The Bertz CT molecular complexity index is 928. The van der Waals surface area contributed by atoms with Crippen molar-refractivity contribution in [3.8, 4) is 5.88 Å². The highest BCUT2D eigenvalue weighted by Gasteiger charge is 2.22. The summed E-state index contributed by atoms with van der Waals surface area (Å²) in [6.07, 6.45) is 0.369. The van der Waals surface area contributed by atoms with Crippen molar-refractivity contribution in [3.63, 3.8) is 0 Å². The molecule has 0 fully saturated rings. The second-order valence-electron chi connectivity index (χ2n) is 5.40. The summed E-state index contributed by atoms with van der Waals surface area (Å²) in [5.74, 6) is -1.22. The molecule has 1 atom stereocenters. The average Bonchev–Trinajstić information content (AvgIpc) is 2.62. The van der Waals surface area contributed by atoms with Crippen molar-refractivity contribution in [2.75, 3.05) is 11.9 Å². The molecule has 2 rings (SSSR count). The van der Waals surface area contributed by atoms with E-state index in [1.165, 1.54) is 43.5 Å². The van der Waals surface area contributed by atoms with E-state index in [4.69, 9.17) is 14.6 Å². The number of rotatable bonds is 7. The van der Waals surface area contributed by atoms with Gasteiger partial charge in [-0.25, -0.2) is 23.3 Å². The summed E-state index contributed by atoms with van der Waals surface area (Å²) in [6.45, 7) is 3.48. The molecule has 1 aromatic carbocycles. The number of amides is 1. The molecule has 1 amide bonds. The number of hydrogen-bond donors (Lipinski definition) is 2. The maximum atomic E-state index is 12.3. The highest BCUT2D eigenvalue weighted by molar-refractivity contribution is 7.89. The van der Waals surface area contributed by atoms with Crippen LogP contribution in [-0.2, 0) is 19.6 Å². The zero-order valence-corrected chi connectivity index (χ0v) is 15.5. The second kappa shape index (κ2) is 8.60. The fraction of sp³-hybridized carbons (Fsp3) is 0.235. The lowest BCUT2D eigenvalue weighted by molar-refractivity contribution is -0.123. The predicted octanol–water partition coefficient (Wildman–Crippen LogP) is 1.31. The molecule has 3 N–H and O–H groups in total. The summed E-state index contributed by atoms with van der Waals surface area (Å²) >= 11 is 0. The van der Waals surface area contributed by atoms with Gasteiger partial charge in [-0.05, 0) is 50.2 Å². The predicted molar refractivity (Wildman–Crippen MR) is 96.7 cm³/mol. The molecule has 1 heterocycles. The summed E-state index contributed by atoms with van der Waals surface area (Å²) in [6, 6.07) is 8.30. The van der Waals surface area contributed by atoms with Crippen LogP contribution in [0.15, 0.2) is 47.5 Å². The number of sulfonamides is 1. The van der Waals surface area contributed by atoms with Crippen LogP contribution < -0.4 is 15.2 Å². The maximum Gasteiger partial charge on any atom is 0.344 e. The number of ether oxygens (including phenoxy) is 2. The van der Waals surface area contributed by atoms with Crippen molar-refractivity contribution in [2.24, 2.45) is 5.14 Å². The van der Waals surface area contributed by atoms with Crippen LogP contribution in [0.2, 0.25) is 0 Å². The van der Waals surface area contributed by atoms with Crippen molar-refractivity contribution in [2.45, 2.75) is 24.8 Å². The van der Waals surface area contributed by atoms with Gasteiger partial charge in [0.2, 0.25) is 15.9 Å². The van der Waals surface area contributed by atoms with Crippen LogP contribution in [0.1, 0.15) is 24.2 Å². The van der Waals surface area contributed by atoms with Crippen molar-refractivity contribution in [1.29, 1.82) is 0 Å². The van der Waals surface area contributed by atoms with E-state index in [1.807, 2.05) is 0 Å². The van der Waals surface area contributed by atoms with Gasteiger partial charge in [-0.1, -0.05) is 0 Å². The van der Waals surface area contributed by atoms with Crippen LogP contribution in [0.25, 0.3) is 0 Å². The SMILES string of the molecule is CCOc1ncccc1C(=O)O[C@H](C)C(=O)Nc1ccc(S(N)(=O)=O)cc1. The first-order valence-corrected chi connectivity index (χ1v) is 9.49. The molecule has 10 heteroatoms. The molecule has 2 aromatic rings. The van der Waals surface area contributed by atoms with E-state index in [0.717, 1.165) is 0 Å². The van der Waals surface area contributed by atoms with Crippen LogP contribution in [0, 0.1) is 0 Å².